The van der Waals surface area contributed by atoms with Crippen molar-refractivity contribution >= 4 is 22.6 Å². The summed E-state index contributed by atoms with van der Waals surface area (Å²) >= 11 is 0. The van der Waals surface area contributed by atoms with E-state index in [1.807, 2.05) is 6.92 Å². The molecule has 0 saturated heterocycles. The van der Waals surface area contributed by atoms with Crippen molar-refractivity contribution < 1.29 is 9.18 Å². The highest BCUT2D eigenvalue weighted by Crippen LogP contribution is 2.11. The first-order chi connectivity index (χ1) is 14.5. The highest BCUT2D eigenvalue weighted by molar-refractivity contribution is 5.96. The fourth-order valence-corrected chi connectivity index (χ4v) is 3.38. The molecule has 4 rings (SSSR count). The van der Waals surface area contributed by atoms with Crippen molar-refractivity contribution in [2.45, 2.75) is 26.4 Å². The Bertz CT molecular complexity index is 1370. The van der Waals surface area contributed by atoms with E-state index in [2.05, 4.69) is 10.3 Å². The molecule has 0 aliphatic carbocycles. The lowest BCUT2D eigenvalue weighted by Gasteiger charge is -2.14. The van der Waals surface area contributed by atoms with E-state index in [4.69, 9.17) is 5.41 Å². The third-order valence-corrected chi connectivity index (χ3v) is 4.88. The number of aryl methyl sites for hydroxylation is 1. The van der Waals surface area contributed by atoms with Crippen molar-refractivity contribution in [1.29, 1.82) is 5.41 Å². The van der Waals surface area contributed by atoms with E-state index in [0.717, 1.165) is 5.56 Å². The maximum atomic E-state index is 13.1. The summed E-state index contributed by atoms with van der Waals surface area (Å²) in [5, 5.41) is 11.6. The molecule has 8 heteroatoms. The van der Waals surface area contributed by atoms with Gasteiger partial charge in [-0.05, 0) is 42.3 Å². The monoisotopic (exact) mass is 405 g/mol. The van der Waals surface area contributed by atoms with Crippen molar-refractivity contribution in [2.75, 3.05) is 0 Å². The first-order valence-electron chi connectivity index (χ1n) is 9.61. The van der Waals surface area contributed by atoms with Crippen molar-refractivity contribution in [3.8, 4) is 0 Å². The summed E-state index contributed by atoms with van der Waals surface area (Å²) in [5.41, 5.74) is 1.38. The number of fused-ring (bicyclic) bond motifs is 2. The molecule has 7 nitrogen and oxygen atoms in total. The van der Waals surface area contributed by atoms with Crippen LogP contribution >= 0.6 is 0 Å². The van der Waals surface area contributed by atoms with Crippen LogP contribution in [0.5, 0.6) is 0 Å². The van der Waals surface area contributed by atoms with Crippen LogP contribution in [0.4, 0.5) is 4.39 Å². The lowest BCUT2D eigenvalue weighted by molar-refractivity contribution is 0.0948. The molecule has 0 radical (unpaired) electrons. The number of hydrogen-bond donors (Lipinski definition) is 2. The SMILES string of the molecule is CCCn1c(=N)c(C(=O)NCc2ccc(F)cc2)cc2c(=O)n3ccccc3nc21. The van der Waals surface area contributed by atoms with Crippen LogP contribution in [-0.4, -0.2) is 19.9 Å². The highest BCUT2D eigenvalue weighted by atomic mass is 19.1. The Morgan fingerprint density at radius 2 is 1.97 bits per heavy atom. The Balaban J connectivity index is 1.82. The molecule has 152 valence electrons. The molecular formula is C22H20FN5O2. The van der Waals surface area contributed by atoms with Gasteiger partial charge in [-0.2, -0.15) is 0 Å². The molecule has 0 fully saturated rings. The largest absolute Gasteiger partial charge is 0.348 e. The zero-order valence-corrected chi connectivity index (χ0v) is 16.4. The number of rotatable bonds is 5. The lowest BCUT2D eigenvalue weighted by atomic mass is 10.1. The molecule has 0 aliphatic heterocycles. The Morgan fingerprint density at radius 1 is 1.20 bits per heavy atom. The predicted octanol–water partition coefficient (Wildman–Crippen LogP) is 2.61. The molecule has 0 saturated carbocycles. The number of pyridine rings is 2. The van der Waals surface area contributed by atoms with Gasteiger partial charge in [-0.15, -0.1) is 0 Å². The van der Waals surface area contributed by atoms with Crippen molar-refractivity contribution in [3.63, 3.8) is 0 Å². The minimum atomic E-state index is -0.478. The number of carbonyl (C=O) groups excluding carboxylic acids is 1. The fraction of sp³-hybridized carbons (Fsp3) is 0.182. The van der Waals surface area contributed by atoms with Crippen LogP contribution in [0.2, 0.25) is 0 Å². The third-order valence-electron chi connectivity index (χ3n) is 4.88. The number of benzene rings is 1. The Labute approximate surface area is 170 Å². The number of nitrogens with zero attached hydrogens (tertiary/aromatic N) is 3. The van der Waals surface area contributed by atoms with E-state index in [1.165, 1.54) is 22.6 Å². The molecule has 1 aromatic carbocycles. The van der Waals surface area contributed by atoms with E-state index < -0.39 is 5.91 Å². The van der Waals surface area contributed by atoms with E-state index in [1.54, 1.807) is 41.1 Å². The molecule has 0 spiro atoms. The molecule has 2 N–H and O–H groups in total. The number of hydrogen-bond acceptors (Lipinski definition) is 4. The van der Waals surface area contributed by atoms with Gasteiger partial charge >= 0.3 is 0 Å². The van der Waals surface area contributed by atoms with Crippen LogP contribution in [0.15, 0.2) is 59.5 Å². The normalized spacial score (nSPS) is 11.1. The average Bonchev–Trinajstić information content (AvgIpc) is 2.75. The predicted molar refractivity (Wildman–Crippen MR) is 111 cm³/mol. The Hall–Kier alpha value is -3.81. The number of amides is 1. The van der Waals surface area contributed by atoms with Crippen molar-refractivity contribution in [3.05, 3.63) is 87.5 Å². The van der Waals surface area contributed by atoms with Gasteiger partial charge in [-0.25, -0.2) is 9.37 Å². The van der Waals surface area contributed by atoms with Crippen molar-refractivity contribution in [2.24, 2.45) is 0 Å². The summed E-state index contributed by atoms with van der Waals surface area (Å²) in [6, 6.07) is 12.5. The number of halogens is 1. The minimum absolute atomic E-state index is 0.00635. The lowest BCUT2D eigenvalue weighted by Crippen LogP contribution is -2.34. The van der Waals surface area contributed by atoms with Gasteiger partial charge in [0.25, 0.3) is 11.5 Å². The standard InChI is InChI=1S/C22H20FN5O2/c1-2-10-28-19(24)16(21(29)25-13-14-6-8-15(23)9-7-14)12-17-20(28)26-18-5-3-4-11-27(18)22(17)30/h3-9,11-12,24H,2,10,13H2,1H3,(H,25,29). The molecule has 1 amide bonds. The van der Waals surface area contributed by atoms with Gasteiger partial charge < -0.3 is 9.88 Å². The second kappa shape index (κ2) is 7.90. The zero-order chi connectivity index (χ0) is 21.3. The summed E-state index contributed by atoms with van der Waals surface area (Å²) in [6.07, 6.45) is 2.33. The molecule has 0 bridgehead atoms. The van der Waals surface area contributed by atoms with Crippen LogP contribution in [0, 0.1) is 11.2 Å². The summed E-state index contributed by atoms with van der Waals surface area (Å²) < 4.78 is 16.1. The molecule has 3 heterocycles. The number of carbonyl (C=O) groups is 1. The fourth-order valence-electron chi connectivity index (χ4n) is 3.38. The second-order valence-electron chi connectivity index (χ2n) is 6.95. The number of aromatic nitrogens is 3. The van der Waals surface area contributed by atoms with Gasteiger partial charge in [0.05, 0.1) is 10.9 Å². The van der Waals surface area contributed by atoms with Crippen LogP contribution in [-0.2, 0) is 13.1 Å². The zero-order valence-electron chi connectivity index (χ0n) is 16.4. The summed E-state index contributed by atoms with van der Waals surface area (Å²) in [7, 11) is 0. The average molecular weight is 405 g/mol. The maximum absolute atomic E-state index is 13.1. The summed E-state index contributed by atoms with van der Waals surface area (Å²) in [4.78, 5) is 30.4. The molecular weight excluding hydrogens is 385 g/mol. The molecule has 30 heavy (non-hydrogen) atoms. The number of nitrogens with one attached hydrogen (secondary N) is 2. The van der Waals surface area contributed by atoms with E-state index in [0.29, 0.717) is 24.3 Å². The summed E-state index contributed by atoms with van der Waals surface area (Å²) in [6.45, 7) is 2.58. The van der Waals surface area contributed by atoms with Gasteiger partial charge in [0.15, 0.2) is 0 Å². The minimum Gasteiger partial charge on any atom is -0.348 e. The molecule has 4 aromatic rings. The van der Waals surface area contributed by atoms with Crippen molar-refractivity contribution in [1.82, 2.24) is 19.3 Å². The quantitative estimate of drug-likeness (QED) is 0.500. The van der Waals surface area contributed by atoms with Gasteiger partial charge in [-0.1, -0.05) is 25.1 Å². The van der Waals surface area contributed by atoms with Crippen LogP contribution in [0.3, 0.4) is 0 Å². The summed E-state index contributed by atoms with van der Waals surface area (Å²) in [5.74, 6) is -0.831. The third kappa shape index (κ3) is 3.47. The maximum Gasteiger partial charge on any atom is 0.267 e. The van der Waals surface area contributed by atoms with Gasteiger partial charge in [0.2, 0.25) is 0 Å². The van der Waals surface area contributed by atoms with Crippen LogP contribution < -0.4 is 16.4 Å². The first-order valence-corrected chi connectivity index (χ1v) is 9.61. The van der Waals surface area contributed by atoms with Gasteiger partial charge in [-0.3, -0.25) is 19.4 Å². The molecule has 0 atom stereocenters. The van der Waals surface area contributed by atoms with E-state index >= 15 is 0 Å². The Morgan fingerprint density at radius 3 is 2.70 bits per heavy atom. The first kappa shape index (κ1) is 19.5. The molecule has 0 unspecified atom stereocenters. The van der Waals surface area contributed by atoms with Crippen LogP contribution in [0.1, 0.15) is 29.3 Å². The Kier molecular flexibility index (Phi) is 5.14. The van der Waals surface area contributed by atoms with Gasteiger partial charge in [0, 0.05) is 19.3 Å². The van der Waals surface area contributed by atoms with E-state index in [9.17, 15) is 14.0 Å². The highest BCUT2D eigenvalue weighted by Gasteiger charge is 2.17. The molecule has 3 aromatic heterocycles. The molecule has 0 aliphatic rings. The van der Waals surface area contributed by atoms with Crippen LogP contribution in [0.25, 0.3) is 16.7 Å². The van der Waals surface area contributed by atoms with Gasteiger partial charge in [0.1, 0.15) is 22.6 Å². The smallest absolute Gasteiger partial charge is 0.267 e. The van der Waals surface area contributed by atoms with E-state index in [-0.39, 0.29) is 34.4 Å². The topological polar surface area (TPSA) is 92.2 Å². The second-order valence-corrected chi connectivity index (χ2v) is 6.95.